The molecule has 0 saturated heterocycles. The molecule has 1 aromatic rings. The molecule has 0 radical (unpaired) electrons. The number of carbonyl (C=O) groups is 1. The quantitative estimate of drug-likeness (QED) is 0.856. The van der Waals surface area contributed by atoms with Crippen LogP contribution >= 0.6 is 0 Å². The maximum Gasteiger partial charge on any atom is 0.251 e. The minimum atomic E-state index is 0.0227. The van der Waals surface area contributed by atoms with Gasteiger partial charge in [0.25, 0.3) is 5.91 Å². The molecular formula is C16H25NO. The summed E-state index contributed by atoms with van der Waals surface area (Å²) >= 11 is 0. The van der Waals surface area contributed by atoms with E-state index in [1.165, 1.54) is 5.56 Å². The number of hydrogen-bond donors (Lipinski definition) is 1. The predicted octanol–water partition coefficient (Wildman–Crippen LogP) is 3.98. The Bertz CT molecular complexity index is 385. The highest BCUT2D eigenvalue weighted by Gasteiger charge is 2.11. The van der Waals surface area contributed by atoms with Gasteiger partial charge in [-0.3, -0.25) is 4.79 Å². The molecule has 0 bridgehead atoms. The first-order chi connectivity index (χ1) is 8.29. The molecule has 0 saturated carbocycles. The van der Waals surface area contributed by atoms with Crippen molar-refractivity contribution in [2.75, 3.05) is 6.54 Å². The van der Waals surface area contributed by atoms with Crippen LogP contribution in [0.1, 0.15) is 62.9 Å². The zero-order valence-corrected chi connectivity index (χ0v) is 12.2. The summed E-state index contributed by atoms with van der Waals surface area (Å²) in [4.78, 5) is 11.9. The molecule has 2 heteroatoms. The van der Waals surface area contributed by atoms with Crippen LogP contribution in [-0.2, 0) is 0 Å². The van der Waals surface area contributed by atoms with Gasteiger partial charge in [0.2, 0.25) is 0 Å². The monoisotopic (exact) mass is 247 g/mol. The Morgan fingerprint density at radius 1 is 1.17 bits per heavy atom. The molecule has 0 atom stereocenters. The summed E-state index contributed by atoms with van der Waals surface area (Å²) in [5, 5.41) is 2.97. The highest BCUT2D eigenvalue weighted by atomic mass is 16.1. The molecule has 1 aromatic carbocycles. The van der Waals surface area contributed by atoms with E-state index in [2.05, 4.69) is 39.9 Å². The van der Waals surface area contributed by atoms with Crippen molar-refractivity contribution in [2.24, 2.45) is 5.41 Å². The molecule has 1 rings (SSSR count). The van der Waals surface area contributed by atoms with E-state index in [1.54, 1.807) is 0 Å². The number of rotatable bonds is 4. The second kappa shape index (κ2) is 6.03. The van der Waals surface area contributed by atoms with Gasteiger partial charge in [-0.1, -0.05) is 46.8 Å². The summed E-state index contributed by atoms with van der Waals surface area (Å²) in [6.45, 7) is 11.6. The van der Waals surface area contributed by atoms with Crippen molar-refractivity contribution < 1.29 is 4.79 Å². The molecule has 0 spiro atoms. The molecule has 2 nitrogen and oxygen atoms in total. The predicted molar refractivity (Wildman–Crippen MR) is 76.9 cm³/mol. The van der Waals surface area contributed by atoms with Crippen molar-refractivity contribution in [1.29, 1.82) is 0 Å². The van der Waals surface area contributed by atoms with Gasteiger partial charge in [0, 0.05) is 12.1 Å². The van der Waals surface area contributed by atoms with Crippen molar-refractivity contribution >= 4 is 5.91 Å². The number of carbonyl (C=O) groups excluding carboxylic acids is 1. The van der Waals surface area contributed by atoms with Crippen LogP contribution in [-0.4, -0.2) is 12.5 Å². The van der Waals surface area contributed by atoms with Gasteiger partial charge in [-0.05, 0) is 35.4 Å². The van der Waals surface area contributed by atoms with Gasteiger partial charge in [0.1, 0.15) is 0 Å². The minimum absolute atomic E-state index is 0.0227. The number of amides is 1. The number of hydrogen-bond acceptors (Lipinski definition) is 1. The van der Waals surface area contributed by atoms with Crippen LogP contribution in [0.5, 0.6) is 0 Å². The van der Waals surface area contributed by atoms with Crippen LogP contribution in [0.3, 0.4) is 0 Å². The number of nitrogens with one attached hydrogen (secondary N) is 1. The van der Waals surface area contributed by atoms with Gasteiger partial charge in [0.05, 0.1) is 0 Å². The van der Waals surface area contributed by atoms with Crippen molar-refractivity contribution in [2.45, 2.75) is 47.0 Å². The molecule has 0 heterocycles. The molecule has 0 unspecified atom stereocenters. The van der Waals surface area contributed by atoms with Gasteiger partial charge in [-0.15, -0.1) is 0 Å². The highest BCUT2D eigenvalue weighted by molar-refractivity contribution is 5.94. The zero-order valence-electron chi connectivity index (χ0n) is 12.2. The fourth-order valence-corrected chi connectivity index (χ4v) is 1.67. The molecule has 0 aliphatic rings. The van der Waals surface area contributed by atoms with E-state index in [0.29, 0.717) is 5.92 Å². The maximum absolute atomic E-state index is 11.9. The van der Waals surface area contributed by atoms with Gasteiger partial charge in [0.15, 0.2) is 0 Å². The Balaban J connectivity index is 2.52. The molecule has 0 aliphatic carbocycles. The van der Waals surface area contributed by atoms with Gasteiger partial charge in [-0.25, -0.2) is 0 Å². The lowest BCUT2D eigenvalue weighted by Crippen LogP contribution is -2.27. The first-order valence-corrected chi connectivity index (χ1v) is 6.68. The largest absolute Gasteiger partial charge is 0.352 e. The van der Waals surface area contributed by atoms with E-state index in [-0.39, 0.29) is 11.3 Å². The number of benzene rings is 1. The molecular weight excluding hydrogens is 222 g/mol. The second-order valence-electron chi connectivity index (χ2n) is 6.34. The second-order valence-corrected chi connectivity index (χ2v) is 6.34. The van der Waals surface area contributed by atoms with Crippen LogP contribution in [0.2, 0.25) is 0 Å². The van der Waals surface area contributed by atoms with Crippen molar-refractivity contribution in [3.63, 3.8) is 0 Å². The minimum Gasteiger partial charge on any atom is -0.352 e. The van der Waals surface area contributed by atoms with Crippen LogP contribution in [0.25, 0.3) is 0 Å². The molecule has 1 amide bonds. The molecule has 18 heavy (non-hydrogen) atoms. The smallest absolute Gasteiger partial charge is 0.251 e. The standard InChI is InChI=1S/C16H25NO/c1-12(2)13-6-8-14(9-7-13)15(18)17-11-10-16(3,4)5/h6-9,12H,10-11H2,1-5H3,(H,17,18). The van der Waals surface area contributed by atoms with Gasteiger partial charge >= 0.3 is 0 Å². The lowest BCUT2D eigenvalue weighted by Gasteiger charge is -2.18. The summed E-state index contributed by atoms with van der Waals surface area (Å²) < 4.78 is 0. The topological polar surface area (TPSA) is 29.1 Å². The summed E-state index contributed by atoms with van der Waals surface area (Å²) in [6.07, 6.45) is 0.989. The Morgan fingerprint density at radius 3 is 2.17 bits per heavy atom. The van der Waals surface area contributed by atoms with Gasteiger partial charge in [-0.2, -0.15) is 0 Å². The third-order valence-corrected chi connectivity index (χ3v) is 3.00. The van der Waals surface area contributed by atoms with Crippen LogP contribution < -0.4 is 5.32 Å². The summed E-state index contributed by atoms with van der Waals surface area (Å²) in [5.41, 5.74) is 2.27. The molecule has 0 aromatic heterocycles. The fraction of sp³-hybridized carbons (Fsp3) is 0.562. The average molecular weight is 247 g/mol. The SMILES string of the molecule is CC(C)c1ccc(C(=O)NCCC(C)(C)C)cc1. The maximum atomic E-state index is 11.9. The van der Waals surface area contributed by atoms with E-state index >= 15 is 0 Å². The highest BCUT2D eigenvalue weighted by Crippen LogP contribution is 2.17. The summed E-state index contributed by atoms with van der Waals surface area (Å²) in [6, 6.07) is 7.87. The van der Waals surface area contributed by atoms with Crippen LogP contribution in [0.15, 0.2) is 24.3 Å². The Morgan fingerprint density at radius 2 is 1.72 bits per heavy atom. The zero-order chi connectivity index (χ0) is 13.8. The fourth-order valence-electron chi connectivity index (χ4n) is 1.67. The van der Waals surface area contributed by atoms with Crippen molar-refractivity contribution in [1.82, 2.24) is 5.32 Å². The third kappa shape index (κ3) is 4.91. The molecule has 0 fully saturated rings. The third-order valence-electron chi connectivity index (χ3n) is 3.00. The molecule has 100 valence electrons. The van der Waals surface area contributed by atoms with E-state index < -0.39 is 0 Å². The van der Waals surface area contributed by atoms with E-state index in [1.807, 2.05) is 24.3 Å². The lowest BCUT2D eigenvalue weighted by molar-refractivity contribution is 0.0949. The van der Waals surface area contributed by atoms with Crippen molar-refractivity contribution in [3.8, 4) is 0 Å². The first kappa shape index (κ1) is 14.7. The Kier molecular flexibility index (Phi) is 4.94. The molecule has 1 N–H and O–H groups in total. The summed E-state index contributed by atoms with van der Waals surface area (Å²) in [5.74, 6) is 0.526. The van der Waals surface area contributed by atoms with E-state index in [4.69, 9.17) is 0 Å². The van der Waals surface area contributed by atoms with Crippen molar-refractivity contribution in [3.05, 3.63) is 35.4 Å². The van der Waals surface area contributed by atoms with E-state index in [9.17, 15) is 4.79 Å². The molecule has 0 aliphatic heterocycles. The Labute approximate surface area is 111 Å². The Hall–Kier alpha value is -1.31. The average Bonchev–Trinajstić information content (AvgIpc) is 2.27. The van der Waals surface area contributed by atoms with E-state index in [0.717, 1.165) is 18.5 Å². The van der Waals surface area contributed by atoms with Gasteiger partial charge < -0.3 is 5.32 Å². The summed E-state index contributed by atoms with van der Waals surface area (Å²) in [7, 11) is 0. The first-order valence-electron chi connectivity index (χ1n) is 6.68. The normalized spacial score (nSPS) is 11.7. The van der Waals surface area contributed by atoms with Crippen LogP contribution in [0.4, 0.5) is 0 Å². The van der Waals surface area contributed by atoms with Crippen LogP contribution in [0, 0.1) is 5.41 Å². The lowest BCUT2D eigenvalue weighted by atomic mass is 9.92.